The Labute approximate surface area is 188 Å². The van der Waals surface area contributed by atoms with Gasteiger partial charge in [-0.2, -0.15) is 0 Å². The Hall–Kier alpha value is -2.11. The minimum atomic E-state index is -1.21. The summed E-state index contributed by atoms with van der Waals surface area (Å²) in [7, 11) is 0. The monoisotopic (exact) mass is 437 g/mol. The van der Waals surface area contributed by atoms with Crippen LogP contribution in [0.4, 0.5) is 0 Å². The van der Waals surface area contributed by atoms with Gasteiger partial charge in [-0.1, -0.05) is 70.4 Å². The maximum absolute atomic E-state index is 11.8. The lowest BCUT2D eigenvalue weighted by molar-refractivity contribution is -0.143. The molecule has 1 amide bonds. The second-order valence-electron chi connectivity index (χ2n) is 8.06. The van der Waals surface area contributed by atoms with Crippen molar-refractivity contribution in [1.29, 1.82) is 0 Å². The van der Waals surface area contributed by atoms with Crippen molar-refractivity contribution in [2.24, 2.45) is 0 Å². The number of carbonyl (C=O) groups excluding carboxylic acids is 2. The summed E-state index contributed by atoms with van der Waals surface area (Å²) in [6, 6.07) is 0. The van der Waals surface area contributed by atoms with Crippen molar-refractivity contribution in [3.63, 3.8) is 0 Å². The largest absolute Gasteiger partial charge is 0.478 e. The third-order valence-electron chi connectivity index (χ3n) is 4.93. The third kappa shape index (κ3) is 22.4. The standard InChI is InChI=1S/C25H43NO5/c1-3-4-5-6-7-8-9-10-11-12-13-14-15-16-17-18-23(27)26-21-22(2)31-25(30)20-19-24(28)29/h10-11,19-20,22H,3-9,12-18,21H2,1-2H3,(H,26,27)(H,28,29)/b11-10+,20-19-. The topological polar surface area (TPSA) is 92.7 Å². The predicted molar refractivity (Wildman–Crippen MR) is 125 cm³/mol. The van der Waals surface area contributed by atoms with Crippen molar-refractivity contribution in [3.05, 3.63) is 24.3 Å². The number of hydrogen-bond acceptors (Lipinski definition) is 4. The van der Waals surface area contributed by atoms with E-state index in [1.54, 1.807) is 6.92 Å². The number of amides is 1. The summed E-state index contributed by atoms with van der Waals surface area (Å²) in [5.74, 6) is -2.00. The minimum Gasteiger partial charge on any atom is -0.478 e. The van der Waals surface area contributed by atoms with E-state index in [0.717, 1.165) is 37.8 Å². The first-order chi connectivity index (χ1) is 15.0. The van der Waals surface area contributed by atoms with Crippen LogP contribution in [0, 0.1) is 0 Å². The molecular weight excluding hydrogens is 394 g/mol. The Morgan fingerprint density at radius 3 is 1.97 bits per heavy atom. The number of carbonyl (C=O) groups is 3. The van der Waals surface area contributed by atoms with Crippen LogP contribution in [0.2, 0.25) is 0 Å². The van der Waals surface area contributed by atoms with Crippen LogP contribution in [-0.2, 0) is 19.1 Å². The number of nitrogens with one attached hydrogen (secondary N) is 1. The van der Waals surface area contributed by atoms with Gasteiger partial charge < -0.3 is 15.2 Å². The maximum Gasteiger partial charge on any atom is 0.331 e. The van der Waals surface area contributed by atoms with Crippen LogP contribution in [0.1, 0.15) is 104 Å². The molecule has 0 heterocycles. The number of esters is 1. The fraction of sp³-hybridized carbons (Fsp3) is 0.720. The van der Waals surface area contributed by atoms with E-state index < -0.39 is 18.0 Å². The average molecular weight is 438 g/mol. The lowest BCUT2D eigenvalue weighted by Gasteiger charge is -2.12. The number of unbranched alkanes of at least 4 members (excludes halogenated alkanes) is 11. The molecule has 0 aliphatic rings. The number of carboxylic acid groups (broad SMARTS) is 1. The van der Waals surface area contributed by atoms with Gasteiger partial charge in [0.15, 0.2) is 0 Å². The van der Waals surface area contributed by atoms with Gasteiger partial charge in [-0.3, -0.25) is 4.79 Å². The highest BCUT2D eigenvalue weighted by atomic mass is 16.5. The smallest absolute Gasteiger partial charge is 0.331 e. The molecule has 2 N–H and O–H groups in total. The van der Waals surface area contributed by atoms with Crippen molar-refractivity contribution in [1.82, 2.24) is 5.32 Å². The highest BCUT2D eigenvalue weighted by Gasteiger charge is 2.09. The quantitative estimate of drug-likeness (QED) is 0.110. The zero-order valence-corrected chi connectivity index (χ0v) is 19.6. The van der Waals surface area contributed by atoms with E-state index in [9.17, 15) is 14.4 Å². The maximum atomic E-state index is 11.8. The lowest BCUT2D eigenvalue weighted by atomic mass is 10.1. The predicted octanol–water partition coefficient (Wildman–Crippen LogP) is 5.71. The van der Waals surface area contributed by atoms with Gasteiger partial charge in [0.1, 0.15) is 6.10 Å². The van der Waals surface area contributed by atoms with Crippen molar-refractivity contribution in [2.45, 2.75) is 110 Å². The van der Waals surface area contributed by atoms with E-state index in [2.05, 4.69) is 24.4 Å². The molecule has 0 saturated heterocycles. The minimum absolute atomic E-state index is 0.0541. The van der Waals surface area contributed by atoms with Crippen LogP contribution in [-0.4, -0.2) is 35.6 Å². The number of aliphatic carboxylic acids is 1. The molecule has 6 heteroatoms. The molecule has 0 aromatic carbocycles. The summed E-state index contributed by atoms with van der Waals surface area (Å²) in [6.45, 7) is 4.11. The lowest BCUT2D eigenvalue weighted by Crippen LogP contribution is -2.32. The molecule has 0 bridgehead atoms. The van der Waals surface area contributed by atoms with Gasteiger partial charge in [-0.25, -0.2) is 9.59 Å². The van der Waals surface area contributed by atoms with Gasteiger partial charge in [-0.05, 0) is 39.0 Å². The zero-order chi connectivity index (χ0) is 23.2. The first kappa shape index (κ1) is 28.9. The van der Waals surface area contributed by atoms with Gasteiger partial charge in [0.25, 0.3) is 0 Å². The summed E-state index contributed by atoms with van der Waals surface area (Å²) in [6.07, 6.45) is 22.1. The number of ether oxygens (including phenoxy) is 1. The molecule has 0 aliphatic heterocycles. The van der Waals surface area contributed by atoms with Crippen LogP contribution < -0.4 is 5.32 Å². The van der Waals surface area contributed by atoms with E-state index in [1.165, 1.54) is 57.8 Å². The first-order valence-electron chi connectivity index (χ1n) is 12.0. The molecular formula is C25H43NO5. The summed E-state index contributed by atoms with van der Waals surface area (Å²) in [5, 5.41) is 11.2. The van der Waals surface area contributed by atoms with Gasteiger partial charge in [0.2, 0.25) is 5.91 Å². The molecule has 0 aromatic rings. The SMILES string of the molecule is CCCCCCCC/C=C/CCCCCCCC(=O)NCC(C)OC(=O)/C=C\C(=O)O. The number of allylic oxidation sites excluding steroid dienone is 2. The molecule has 0 aliphatic carbocycles. The molecule has 1 unspecified atom stereocenters. The summed E-state index contributed by atoms with van der Waals surface area (Å²) in [5.41, 5.74) is 0. The van der Waals surface area contributed by atoms with Gasteiger partial charge >= 0.3 is 11.9 Å². The third-order valence-corrected chi connectivity index (χ3v) is 4.93. The number of rotatable bonds is 20. The second kappa shape index (κ2) is 21.1. The molecule has 1 atom stereocenters. The van der Waals surface area contributed by atoms with E-state index in [4.69, 9.17) is 9.84 Å². The van der Waals surface area contributed by atoms with Crippen LogP contribution in [0.25, 0.3) is 0 Å². The van der Waals surface area contributed by atoms with E-state index >= 15 is 0 Å². The normalized spacial score (nSPS) is 12.3. The zero-order valence-electron chi connectivity index (χ0n) is 19.6. The van der Waals surface area contributed by atoms with Crippen molar-refractivity contribution in [2.75, 3.05) is 6.54 Å². The van der Waals surface area contributed by atoms with Gasteiger partial charge in [-0.15, -0.1) is 0 Å². The van der Waals surface area contributed by atoms with E-state index in [-0.39, 0.29) is 12.5 Å². The Kier molecular flexibility index (Phi) is 19.7. The summed E-state index contributed by atoms with van der Waals surface area (Å²) >= 11 is 0. The molecule has 0 spiro atoms. The van der Waals surface area contributed by atoms with Crippen LogP contribution in [0.5, 0.6) is 0 Å². The van der Waals surface area contributed by atoms with Crippen molar-refractivity contribution < 1.29 is 24.2 Å². The Morgan fingerprint density at radius 1 is 0.839 bits per heavy atom. The van der Waals surface area contributed by atoms with Crippen LogP contribution in [0.15, 0.2) is 24.3 Å². The van der Waals surface area contributed by atoms with Gasteiger partial charge in [0.05, 0.1) is 6.54 Å². The van der Waals surface area contributed by atoms with Crippen LogP contribution in [0.3, 0.4) is 0 Å². The molecule has 6 nitrogen and oxygen atoms in total. The first-order valence-corrected chi connectivity index (χ1v) is 12.0. The molecule has 31 heavy (non-hydrogen) atoms. The Bertz CT molecular complexity index is 542. The molecule has 0 aromatic heterocycles. The Balaban J connectivity index is 3.49. The fourth-order valence-electron chi connectivity index (χ4n) is 3.12. The highest BCUT2D eigenvalue weighted by Crippen LogP contribution is 2.10. The Morgan fingerprint density at radius 2 is 1.39 bits per heavy atom. The van der Waals surface area contributed by atoms with Crippen molar-refractivity contribution >= 4 is 17.8 Å². The number of carboxylic acids is 1. The van der Waals surface area contributed by atoms with E-state index in [1.807, 2.05) is 0 Å². The molecule has 0 radical (unpaired) electrons. The fourth-order valence-corrected chi connectivity index (χ4v) is 3.12. The van der Waals surface area contributed by atoms with E-state index in [0.29, 0.717) is 6.42 Å². The number of hydrogen-bond donors (Lipinski definition) is 2. The summed E-state index contributed by atoms with van der Waals surface area (Å²) in [4.78, 5) is 33.5. The van der Waals surface area contributed by atoms with Crippen molar-refractivity contribution in [3.8, 4) is 0 Å². The highest BCUT2D eigenvalue weighted by molar-refractivity contribution is 5.90. The molecule has 0 fully saturated rings. The van der Waals surface area contributed by atoms with Crippen LogP contribution >= 0.6 is 0 Å². The summed E-state index contributed by atoms with van der Waals surface area (Å²) < 4.78 is 4.97. The molecule has 0 saturated carbocycles. The molecule has 0 rings (SSSR count). The van der Waals surface area contributed by atoms with Gasteiger partial charge in [0, 0.05) is 18.6 Å². The molecule has 178 valence electrons. The average Bonchev–Trinajstić information content (AvgIpc) is 2.73. The second-order valence-corrected chi connectivity index (χ2v) is 8.06.